The molecule has 0 aliphatic rings. The molecular weight excluding hydrogens is 276 g/mol. The number of ether oxygens (including phenoxy) is 1. The van der Waals surface area contributed by atoms with E-state index in [1.807, 2.05) is 6.92 Å². The fourth-order valence-electron chi connectivity index (χ4n) is 1.07. The van der Waals surface area contributed by atoms with Crippen LogP contribution in [0.2, 0.25) is 0 Å². The molecule has 0 unspecified atom stereocenters. The highest BCUT2D eigenvalue weighted by Crippen LogP contribution is 2.12. The molecule has 0 aliphatic carbocycles. The maximum Gasteiger partial charge on any atom is 0.323 e. The first-order chi connectivity index (χ1) is 7.69. The molecule has 0 atom stereocenters. The Bertz CT molecular complexity index is 499. The maximum atomic E-state index is 5.54. The standard InChI is InChI=1S/C8H9BrN6O/c1-2-16-8-13-6(10)12-7(14-8)15-4-5(9)3-11-15/h3-4H,2H2,1H3,(H2,10,12,13,14). The Morgan fingerprint density at radius 2 is 2.25 bits per heavy atom. The Labute approximate surface area is 99.8 Å². The molecule has 0 aromatic carbocycles. The van der Waals surface area contributed by atoms with Gasteiger partial charge in [-0.1, -0.05) is 0 Å². The SMILES string of the molecule is CCOc1nc(N)nc(-n2cc(Br)cn2)n1. The molecule has 0 radical (unpaired) electrons. The average molecular weight is 285 g/mol. The Morgan fingerprint density at radius 1 is 1.44 bits per heavy atom. The molecule has 2 N–H and O–H groups in total. The van der Waals surface area contributed by atoms with Crippen molar-refractivity contribution in [3.63, 3.8) is 0 Å². The van der Waals surface area contributed by atoms with E-state index in [1.165, 1.54) is 4.68 Å². The summed E-state index contributed by atoms with van der Waals surface area (Å²) >= 11 is 3.28. The van der Waals surface area contributed by atoms with Crippen molar-refractivity contribution >= 4 is 21.9 Å². The lowest BCUT2D eigenvalue weighted by Gasteiger charge is -2.04. The third kappa shape index (κ3) is 2.27. The van der Waals surface area contributed by atoms with Gasteiger partial charge >= 0.3 is 6.01 Å². The van der Waals surface area contributed by atoms with Gasteiger partial charge in [-0.2, -0.15) is 20.1 Å². The van der Waals surface area contributed by atoms with Crippen molar-refractivity contribution in [2.75, 3.05) is 12.3 Å². The zero-order valence-corrected chi connectivity index (χ0v) is 10.0. The molecule has 16 heavy (non-hydrogen) atoms. The first-order valence-corrected chi connectivity index (χ1v) is 5.33. The monoisotopic (exact) mass is 284 g/mol. The lowest BCUT2D eigenvalue weighted by Crippen LogP contribution is -2.09. The molecule has 0 spiro atoms. The van der Waals surface area contributed by atoms with Gasteiger partial charge in [-0.05, 0) is 22.9 Å². The molecule has 2 aromatic rings. The molecule has 8 heteroatoms. The van der Waals surface area contributed by atoms with Gasteiger partial charge in [0.25, 0.3) is 5.95 Å². The number of aromatic nitrogens is 5. The minimum absolute atomic E-state index is 0.0973. The van der Waals surface area contributed by atoms with Crippen molar-refractivity contribution in [3.8, 4) is 12.0 Å². The average Bonchev–Trinajstić information content (AvgIpc) is 2.64. The van der Waals surface area contributed by atoms with Crippen LogP contribution in [0.15, 0.2) is 16.9 Å². The van der Waals surface area contributed by atoms with Crippen LogP contribution in [0.3, 0.4) is 0 Å². The predicted octanol–water partition coefficient (Wildman–Crippen LogP) is 0.801. The van der Waals surface area contributed by atoms with E-state index < -0.39 is 0 Å². The number of nitrogens with zero attached hydrogens (tertiary/aromatic N) is 5. The molecule has 0 saturated carbocycles. The van der Waals surface area contributed by atoms with Gasteiger partial charge in [0.05, 0.1) is 17.3 Å². The van der Waals surface area contributed by atoms with Crippen LogP contribution < -0.4 is 10.5 Å². The molecule has 84 valence electrons. The predicted molar refractivity (Wildman–Crippen MR) is 60.2 cm³/mol. The van der Waals surface area contributed by atoms with E-state index in [1.54, 1.807) is 12.4 Å². The summed E-state index contributed by atoms with van der Waals surface area (Å²) < 4.78 is 7.46. The number of nitrogens with two attached hydrogens (primary N) is 1. The second-order valence-electron chi connectivity index (χ2n) is 2.81. The van der Waals surface area contributed by atoms with Crippen LogP contribution in [0.5, 0.6) is 6.01 Å². The summed E-state index contributed by atoms with van der Waals surface area (Å²) in [5, 5.41) is 4.03. The van der Waals surface area contributed by atoms with Gasteiger partial charge in [0.1, 0.15) is 0 Å². The Kier molecular flexibility index (Phi) is 3.00. The van der Waals surface area contributed by atoms with Crippen LogP contribution in [-0.4, -0.2) is 31.3 Å². The van der Waals surface area contributed by atoms with Crippen LogP contribution in [0, 0.1) is 0 Å². The summed E-state index contributed by atoms with van der Waals surface area (Å²) in [4.78, 5) is 11.9. The summed E-state index contributed by atoms with van der Waals surface area (Å²) in [6, 6.07) is 0.191. The third-order valence-electron chi connectivity index (χ3n) is 1.65. The minimum Gasteiger partial charge on any atom is -0.464 e. The van der Waals surface area contributed by atoms with Gasteiger partial charge < -0.3 is 10.5 Å². The number of hydrogen-bond donors (Lipinski definition) is 1. The van der Waals surface area contributed by atoms with Gasteiger partial charge in [0.2, 0.25) is 5.95 Å². The van der Waals surface area contributed by atoms with Crippen molar-refractivity contribution in [1.82, 2.24) is 24.7 Å². The van der Waals surface area contributed by atoms with E-state index in [0.29, 0.717) is 12.6 Å². The summed E-state index contributed by atoms with van der Waals surface area (Å²) in [5.41, 5.74) is 5.54. The highest BCUT2D eigenvalue weighted by Gasteiger charge is 2.07. The molecule has 0 fully saturated rings. The molecule has 2 heterocycles. The molecule has 0 saturated heterocycles. The van der Waals surface area contributed by atoms with E-state index in [-0.39, 0.29) is 12.0 Å². The highest BCUT2D eigenvalue weighted by molar-refractivity contribution is 9.10. The minimum atomic E-state index is 0.0973. The van der Waals surface area contributed by atoms with Gasteiger partial charge in [0, 0.05) is 6.20 Å². The summed E-state index contributed by atoms with van der Waals surface area (Å²) in [5.74, 6) is 0.418. The first-order valence-electron chi connectivity index (χ1n) is 4.54. The summed E-state index contributed by atoms with van der Waals surface area (Å²) in [6.07, 6.45) is 3.34. The van der Waals surface area contributed by atoms with E-state index in [4.69, 9.17) is 10.5 Å². The number of nitrogen functional groups attached to an aromatic ring is 1. The van der Waals surface area contributed by atoms with Gasteiger partial charge in [-0.25, -0.2) is 4.68 Å². The molecule has 2 aromatic heterocycles. The lowest BCUT2D eigenvalue weighted by molar-refractivity contribution is 0.311. The smallest absolute Gasteiger partial charge is 0.323 e. The zero-order valence-electron chi connectivity index (χ0n) is 8.46. The van der Waals surface area contributed by atoms with Crippen LogP contribution in [0.25, 0.3) is 5.95 Å². The van der Waals surface area contributed by atoms with Crippen molar-refractivity contribution < 1.29 is 4.74 Å². The number of hydrogen-bond acceptors (Lipinski definition) is 6. The van der Waals surface area contributed by atoms with Gasteiger partial charge in [-0.3, -0.25) is 0 Å². The maximum absolute atomic E-state index is 5.54. The summed E-state index contributed by atoms with van der Waals surface area (Å²) in [6.45, 7) is 2.30. The Hall–Kier alpha value is -1.70. The van der Waals surface area contributed by atoms with E-state index in [2.05, 4.69) is 36.0 Å². The largest absolute Gasteiger partial charge is 0.464 e. The normalized spacial score (nSPS) is 10.4. The highest BCUT2D eigenvalue weighted by atomic mass is 79.9. The Balaban J connectivity index is 2.40. The van der Waals surface area contributed by atoms with E-state index >= 15 is 0 Å². The van der Waals surface area contributed by atoms with Crippen molar-refractivity contribution in [2.24, 2.45) is 0 Å². The molecule has 2 rings (SSSR count). The van der Waals surface area contributed by atoms with E-state index in [0.717, 1.165) is 4.47 Å². The van der Waals surface area contributed by atoms with Crippen molar-refractivity contribution in [1.29, 1.82) is 0 Å². The second-order valence-corrected chi connectivity index (χ2v) is 3.73. The number of rotatable bonds is 3. The first kappa shape index (κ1) is 10.8. The fourth-order valence-corrected chi connectivity index (χ4v) is 1.35. The van der Waals surface area contributed by atoms with E-state index in [9.17, 15) is 0 Å². The quantitative estimate of drug-likeness (QED) is 0.896. The van der Waals surface area contributed by atoms with Crippen LogP contribution in [0.4, 0.5) is 5.95 Å². The second kappa shape index (κ2) is 4.44. The van der Waals surface area contributed by atoms with Crippen LogP contribution in [0.1, 0.15) is 6.92 Å². The molecule has 0 bridgehead atoms. The molecular formula is C8H9BrN6O. The third-order valence-corrected chi connectivity index (χ3v) is 2.06. The summed E-state index contributed by atoms with van der Waals surface area (Å²) in [7, 11) is 0. The number of anilines is 1. The van der Waals surface area contributed by atoms with Crippen LogP contribution in [-0.2, 0) is 0 Å². The fraction of sp³-hybridized carbons (Fsp3) is 0.250. The van der Waals surface area contributed by atoms with Crippen molar-refractivity contribution in [2.45, 2.75) is 6.92 Å². The lowest BCUT2D eigenvalue weighted by atomic mass is 10.7. The molecule has 7 nitrogen and oxygen atoms in total. The van der Waals surface area contributed by atoms with Crippen LogP contribution >= 0.6 is 15.9 Å². The van der Waals surface area contributed by atoms with Gasteiger partial charge in [0.15, 0.2) is 0 Å². The molecule has 0 aliphatic heterocycles. The van der Waals surface area contributed by atoms with Gasteiger partial charge in [-0.15, -0.1) is 0 Å². The molecule has 0 amide bonds. The Morgan fingerprint density at radius 3 is 2.88 bits per heavy atom. The van der Waals surface area contributed by atoms with Crippen molar-refractivity contribution in [3.05, 3.63) is 16.9 Å². The number of halogens is 1. The topological polar surface area (TPSA) is 91.7 Å². The zero-order chi connectivity index (χ0) is 11.5.